The van der Waals surface area contributed by atoms with Crippen LogP contribution < -0.4 is 0 Å². The van der Waals surface area contributed by atoms with Gasteiger partial charge in [-0.05, 0) is 39.5 Å². The van der Waals surface area contributed by atoms with Crippen molar-refractivity contribution in [1.29, 1.82) is 0 Å². The van der Waals surface area contributed by atoms with Gasteiger partial charge in [-0.1, -0.05) is 15.9 Å². The summed E-state index contributed by atoms with van der Waals surface area (Å²) in [6, 6.07) is 2.26. The van der Waals surface area contributed by atoms with Gasteiger partial charge in [-0.25, -0.2) is 0 Å². The lowest BCUT2D eigenvalue weighted by molar-refractivity contribution is -0.0610. The maximum Gasteiger partial charge on any atom is 0.0829 e. The Bertz CT molecular complexity index is 299. The first-order valence-corrected chi connectivity index (χ1v) is 8.80. The third-order valence-electron chi connectivity index (χ3n) is 5.14. The number of alkyl halides is 1. The van der Waals surface area contributed by atoms with E-state index in [0.717, 1.165) is 43.2 Å². The van der Waals surface area contributed by atoms with Crippen molar-refractivity contribution in [3.8, 4) is 0 Å². The van der Waals surface area contributed by atoms with Crippen LogP contribution in [0, 0.1) is 0 Å². The summed E-state index contributed by atoms with van der Waals surface area (Å²) in [5.41, 5.74) is 0. The molecule has 3 fully saturated rings. The molecule has 0 spiro atoms. The summed E-state index contributed by atoms with van der Waals surface area (Å²) in [5, 5.41) is 0. The molecule has 19 heavy (non-hydrogen) atoms. The molecule has 3 nitrogen and oxygen atoms in total. The van der Waals surface area contributed by atoms with Crippen molar-refractivity contribution in [2.45, 2.75) is 68.6 Å². The first-order chi connectivity index (χ1) is 9.13. The second kappa shape index (κ2) is 6.00. The number of hydrogen-bond acceptors (Lipinski definition) is 3. The maximum atomic E-state index is 6.02. The topological polar surface area (TPSA) is 15.7 Å². The zero-order valence-electron chi connectivity index (χ0n) is 12.2. The van der Waals surface area contributed by atoms with E-state index in [0.29, 0.717) is 12.1 Å². The Kier molecular flexibility index (Phi) is 4.52. The average molecular weight is 331 g/mol. The first kappa shape index (κ1) is 14.3. The number of morpholine rings is 1. The maximum absolute atomic E-state index is 6.02. The molecule has 2 bridgehead atoms. The van der Waals surface area contributed by atoms with Gasteiger partial charge in [-0.3, -0.25) is 9.80 Å². The van der Waals surface area contributed by atoms with E-state index in [-0.39, 0.29) is 0 Å². The van der Waals surface area contributed by atoms with Crippen molar-refractivity contribution in [3.05, 3.63) is 0 Å². The van der Waals surface area contributed by atoms with Crippen LogP contribution in [-0.2, 0) is 4.74 Å². The van der Waals surface area contributed by atoms with Gasteiger partial charge in [0.2, 0.25) is 0 Å². The molecule has 3 aliphatic rings. The molecule has 3 atom stereocenters. The molecule has 0 amide bonds. The van der Waals surface area contributed by atoms with E-state index >= 15 is 0 Å². The van der Waals surface area contributed by atoms with E-state index in [4.69, 9.17) is 4.74 Å². The van der Waals surface area contributed by atoms with Gasteiger partial charge in [0.1, 0.15) is 0 Å². The highest BCUT2D eigenvalue weighted by atomic mass is 79.9. The Labute approximate surface area is 125 Å². The van der Waals surface area contributed by atoms with E-state index < -0.39 is 0 Å². The van der Waals surface area contributed by atoms with Crippen molar-refractivity contribution >= 4 is 15.9 Å². The fourth-order valence-electron chi connectivity index (χ4n) is 4.06. The molecule has 0 radical (unpaired) electrons. The molecule has 0 aromatic carbocycles. The number of ether oxygens (including phenoxy) is 1. The van der Waals surface area contributed by atoms with Crippen LogP contribution in [0.5, 0.6) is 0 Å². The monoisotopic (exact) mass is 330 g/mol. The summed E-state index contributed by atoms with van der Waals surface area (Å²) in [5.74, 6) is 0. The quantitative estimate of drug-likeness (QED) is 0.739. The zero-order chi connectivity index (χ0) is 13.4. The number of piperidine rings is 1. The van der Waals surface area contributed by atoms with E-state index in [2.05, 4.69) is 39.6 Å². The zero-order valence-corrected chi connectivity index (χ0v) is 13.8. The smallest absolute Gasteiger partial charge is 0.0829 e. The Hall–Kier alpha value is 0.360. The largest absolute Gasteiger partial charge is 0.374 e. The lowest BCUT2D eigenvalue weighted by atomic mass is 10.0. The molecular weight excluding hydrogens is 304 g/mol. The minimum Gasteiger partial charge on any atom is -0.374 e. The Balaban J connectivity index is 1.57. The number of rotatable bonds is 3. The van der Waals surface area contributed by atoms with E-state index in [9.17, 15) is 0 Å². The van der Waals surface area contributed by atoms with E-state index in [1.807, 2.05) is 0 Å². The molecule has 110 valence electrons. The lowest BCUT2D eigenvalue weighted by Gasteiger charge is -2.42. The van der Waals surface area contributed by atoms with Gasteiger partial charge in [-0.15, -0.1) is 0 Å². The van der Waals surface area contributed by atoms with Crippen LogP contribution in [0.3, 0.4) is 0 Å². The summed E-state index contributed by atoms with van der Waals surface area (Å²) in [7, 11) is 0. The second-order valence-corrected chi connectivity index (χ2v) is 8.03. The molecule has 0 aromatic rings. The van der Waals surface area contributed by atoms with Crippen LogP contribution in [0.1, 0.15) is 39.5 Å². The van der Waals surface area contributed by atoms with Crippen molar-refractivity contribution in [2.24, 2.45) is 0 Å². The number of hydrogen-bond donors (Lipinski definition) is 0. The Morgan fingerprint density at radius 3 is 2.53 bits per heavy atom. The van der Waals surface area contributed by atoms with Crippen LogP contribution in [0.25, 0.3) is 0 Å². The van der Waals surface area contributed by atoms with Crippen molar-refractivity contribution in [1.82, 2.24) is 9.80 Å². The van der Waals surface area contributed by atoms with E-state index in [1.54, 1.807) is 0 Å². The molecule has 0 N–H and O–H groups in total. The van der Waals surface area contributed by atoms with Crippen LogP contribution in [0.4, 0.5) is 0 Å². The van der Waals surface area contributed by atoms with Gasteiger partial charge < -0.3 is 4.74 Å². The molecule has 3 rings (SSSR count). The molecule has 3 unspecified atom stereocenters. The molecule has 0 aromatic heterocycles. The number of nitrogens with zero attached hydrogens (tertiary/aromatic N) is 2. The van der Waals surface area contributed by atoms with Crippen LogP contribution >= 0.6 is 15.9 Å². The summed E-state index contributed by atoms with van der Waals surface area (Å²) in [6.45, 7) is 8.87. The molecule has 3 saturated heterocycles. The van der Waals surface area contributed by atoms with Crippen molar-refractivity contribution in [2.75, 3.05) is 26.2 Å². The predicted octanol–water partition coefficient (Wildman–Crippen LogP) is 2.49. The van der Waals surface area contributed by atoms with E-state index in [1.165, 1.54) is 25.7 Å². The summed E-state index contributed by atoms with van der Waals surface area (Å²) < 4.78 is 6.02. The van der Waals surface area contributed by atoms with Gasteiger partial charge in [0.05, 0.1) is 12.7 Å². The molecule has 4 heteroatoms. The van der Waals surface area contributed by atoms with Gasteiger partial charge in [0, 0.05) is 42.6 Å². The van der Waals surface area contributed by atoms with Gasteiger partial charge in [0.25, 0.3) is 0 Å². The molecule has 0 aliphatic carbocycles. The molecule has 3 aliphatic heterocycles. The van der Waals surface area contributed by atoms with Gasteiger partial charge in [0.15, 0.2) is 0 Å². The SMILES string of the molecule is CC(C)N1CCOC(CN2C3CCC2CC(Br)C3)C1. The standard InChI is InChI=1S/C15H27BrN2O/c1-11(2)17-5-6-19-15(9-17)10-18-13-3-4-14(18)8-12(16)7-13/h11-15H,3-10H2,1-2H3. The first-order valence-electron chi connectivity index (χ1n) is 7.89. The van der Waals surface area contributed by atoms with Crippen molar-refractivity contribution < 1.29 is 4.74 Å². The third kappa shape index (κ3) is 3.17. The Morgan fingerprint density at radius 2 is 1.89 bits per heavy atom. The minimum atomic E-state index is 0.422. The highest BCUT2D eigenvalue weighted by Gasteiger charge is 2.41. The average Bonchev–Trinajstić information content (AvgIpc) is 2.62. The summed E-state index contributed by atoms with van der Waals surface area (Å²) in [4.78, 5) is 6.07. The normalized spacial score (nSPS) is 41.1. The fourth-order valence-corrected chi connectivity index (χ4v) is 4.93. The lowest BCUT2D eigenvalue weighted by Crippen LogP contribution is -2.53. The summed E-state index contributed by atoms with van der Waals surface area (Å²) >= 11 is 3.82. The third-order valence-corrected chi connectivity index (χ3v) is 5.89. The van der Waals surface area contributed by atoms with Crippen LogP contribution in [-0.4, -0.2) is 65.1 Å². The van der Waals surface area contributed by atoms with Crippen molar-refractivity contribution in [3.63, 3.8) is 0 Å². The Morgan fingerprint density at radius 1 is 1.21 bits per heavy atom. The number of fused-ring (bicyclic) bond motifs is 2. The highest BCUT2D eigenvalue weighted by molar-refractivity contribution is 9.09. The minimum absolute atomic E-state index is 0.422. The number of halogens is 1. The molecule has 3 heterocycles. The van der Waals surface area contributed by atoms with Gasteiger partial charge in [-0.2, -0.15) is 0 Å². The fraction of sp³-hybridized carbons (Fsp3) is 1.00. The molecular formula is C15H27BrN2O. The molecule has 0 saturated carbocycles. The van der Waals surface area contributed by atoms with Crippen LogP contribution in [0.2, 0.25) is 0 Å². The predicted molar refractivity (Wildman–Crippen MR) is 81.9 cm³/mol. The second-order valence-electron chi connectivity index (χ2n) is 6.73. The summed E-state index contributed by atoms with van der Waals surface area (Å²) in [6.07, 6.45) is 5.88. The highest BCUT2D eigenvalue weighted by Crippen LogP contribution is 2.38. The van der Waals surface area contributed by atoms with Gasteiger partial charge >= 0.3 is 0 Å². The van der Waals surface area contributed by atoms with Crippen LogP contribution in [0.15, 0.2) is 0 Å².